The van der Waals surface area contributed by atoms with Crippen molar-refractivity contribution in [1.29, 1.82) is 0 Å². The summed E-state index contributed by atoms with van der Waals surface area (Å²) in [6.07, 6.45) is 7.40. The zero-order chi connectivity index (χ0) is 16.8. The molecule has 0 saturated heterocycles. The molecule has 1 aromatic carbocycles. The largest absolute Gasteiger partial charge is 0.508 e. The standard InChI is InChI=1S/C18H18Cl2N2O/c1-3-15(17(20)12(2)19)18(13-7-9-14(23)10-8-13)22-16-6-4-5-11-21-16/h3,6-11,18,22-23H,1-2,4-5H2/b17-15-. The monoisotopic (exact) mass is 348 g/mol. The molecule has 0 aromatic heterocycles. The van der Waals surface area contributed by atoms with Gasteiger partial charge in [-0.3, -0.25) is 0 Å². The van der Waals surface area contributed by atoms with E-state index in [1.807, 2.05) is 24.4 Å². The maximum atomic E-state index is 9.50. The molecule has 0 amide bonds. The lowest BCUT2D eigenvalue weighted by Crippen LogP contribution is -2.23. The lowest BCUT2D eigenvalue weighted by atomic mass is 9.97. The average Bonchev–Trinajstić information content (AvgIpc) is 2.56. The lowest BCUT2D eigenvalue weighted by Gasteiger charge is -2.24. The fraction of sp³-hybridized carbons (Fsp3) is 0.167. The highest BCUT2D eigenvalue weighted by Gasteiger charge is 2.20. The third-order valence-corrected chi connectivity index (χ3v) is 4.14. The lowest BCUT2D eigenvalue weighted by molar-refractivity contribution is 0.475. The SMILES string of the molecule is C=C/C(=C(/Cl)C(=C)Cl)C(NC1=CCCC=N1)c1ccc(O)cc1. The van der Waals surface area contributed by atoms with Gasteiger partial charge in [-0.05, 0) is 42.2 Å². The highest BCUT2D eigenvalue weighted by Crippen LogP contribution is 2.33. The molecule has 1 aliphatic heterocycles. The van der Waals surface area contributed by atoms with Crippen molar-refractivity contribution in [2.75, 3.05) is 0 Å². The van der Waals surface area contributed by atoms with Gasteiger partial charge in [-0.25, -0.2) is 4.99 Å². The van der Waals surface area contributed by atoms with Gasteiger partial charge in [0.15, 0.2) is 0 Å². The number of hydrogen-bond acceptors (Lipinski definition) is 3. The van der Waals surface area contributed by atoms with Crippen LogP contribution < -0.4 is 5.32 Å². The van der Waals surface area contributed by atoms with E-state index in [-0.39, 0.29) is 16.8 Å². The smallest absolute Gasteiger partial charge is 0.122 e. The van der Waals surface area contributed by atoms with Crippen molar-refractivity contribution in [2.24, 2.45) is 4.99 Å². The van der Waals surface area contributed by atoms with Crippen LogP contribution in [-0.4, -0.2) is 11.3 Å². The molecule has 0 saturated carbocycles. The summed E-state index contributed by atoms with van der Waals surface area (Å²) in [4.78, 5) is 4.35. The van der Waals surface area contributed by atoms with Crippen LogP contribution in [0.3, 0.4) is 0 Å². The molecule has 1 aliphatic rings. The fourth-order valence-corrected chi connectivity index (χ4v) is 2.55. The quantitative estimate of drug-likeness (QED) is 0.697. The van der Waals surface area contributed by atoms with Crippen molar-refractivity contribution >= 4 is 29.4 Å². The van der Waals surface area contributed by atoms with Crippen LogP contribution in [0.2, 0.25) is 0 Å². The molecule has 1 unspecified atom stereocenters. The van der Waals surface area contributed by atoms with Crippen LogP contribution in [0.1, 0.15) is 24.4 Å². The van der Waals surface area contributed by atoms with Gasteiger partial charge in [0, 0.05) is 6.21 Å². The van der Waals surface area contributed by atoms with Crippen molar-refractivity contribution in [3.05, 3.63) is 76.6 Å². The van der Waals surface area contributed by atoms with E-state index in [4.69, 9.17) is 23.2 Å². The number of nitrogens with one attached hydrogen (secondary N) is 1. The number of phenolic OH excluding ortho intramolecular Hbond substituents is 1. The minimum atomic E-state index is -0.308. The first kappa shape index (κ1) is 17.4. The summed E-state index contributed by atoms with van der Waals surface area (Å²) < 4.78 is 0. The Balaban J connectivity index is 2.45. The van der Waals surface area contributed by atoms with Gasteiger partial charge in [0.2, 0.25) is 0 Å². The summed E-state index contributed by atoms with van der Waals surface area (Å²) in [5.41, 5.74) is 1.59. The Kier molecular flexibility index (Phi) is 6.08. The summed E-state index contributed by atoms with van der Waals surface area (Å²) in [6, 6.07) is 6.55. The van der Waals surface area contributed by atoms with Gasteiger partial charge < -0.3 is 10.4 Å². The second kappa shape index (κ2) is 8.04. The number of allylic oxidation sites excluding steroid dienone is 3. The van der Waals surface area contributed by atoms with Crippen LogP contribution in [0.25, 0.3) is 0 Å². The van der Waals surface area contributed by atoms with Crippen LogP contribution in [0, 0.1) is 0 Å². The molecular formula is C18H18Cl2N2O. The first-order chi connectivity index (χ1) is 11.0. The predicted molar refractivity (Wildman–Crippen MR) is 97.9 cm³/mol. The second-order valence-corrected chi connectivity index (χ2v) is 5.86. The van der Waals surface area contributed by atoms with Crippen LogP contribution in [0.5, 0.6) is 5.75 Å². The molecule has 2 N–H and O–H groups in total. The van der Waals surface area contributed by atoms with Crippen molar-refractivity contribution < 1.29 is 5.11 Å². The van der Waals surface area contributed by atoms with E-state index in [0.717, 1.165) is 24.2 Å². The molecule has 1 atom stereocenters. The summed E-state index contributed by atoms with van der Waals surface area (Å²) in [7, 11) is 0. The molecule has 1 aromatic rings. The summed E-state index contributed by atoms with van der Waals surface area (Å²) in [5, 5.41) is 13.4. The zero-order valence-corrected chi connectivity index (χ0v) is 14.1. The number of rotatable bonds is 6. The normalized spacial score (nSPS) is 16.2. The van der Waals surface area contributed by atoms with Gasteiger partial charge in [-0.1, -0.05) is 54.6 Å². The number of hydrogen-bond donors (Lipinski definition) is 2. The second-order valence-electron chi connectivity index (χ2n) is 5.03. The van der Waals surface area contributed by atoms with E-state index in [2.05, 4.69) is 23.5 Å². The number of aromatic hydroxyl groups is 1. The molecular weight excluding hydrogens is 331 g/mol. The Hall–Kier alpha value is -1.97. The number of halogens is 2. The minimum Gasteiger partial charge on any atom is -0.508 e. The molecule has 23 heavy (non-hydrogen) atoms. The Morgan fingerprint density at radius 2 is 1.96 bits per heavy atom. The molecule has 2 rings (SSSR count). The van der Waals surface area contributed by atoms with Crippen LogP contribution in [0.4, 0.5) is 0 Å². The molecule has 0 aliphatic carbocycles. The highest BCUT2D eigenvalue weighted by atomic mass is 35.5. The Morgan fingerprint density at radius 1 is 1.26 bits per heavy atom. The molecule has 0 spiro atoms. The molecule has 0 fully saturated rings. The first-order valence-electron chi connectivity index (χ1n) is 7.18. The van der Waals surface area contributed by atoms with Crippen LogP contribution >= 0.6 is 23.2 Å². The third kappa shape index (κ3) is 4.50. The van der Waals surface area contributed by atoms with E-state index in [1.54, 1.807) is 18.2 Å². The Labute approximate surface area is 146 Å². The van der Waals surface area contributed by atoms with Crippen molar-refractivity contribution in [3.63, 3.8) is 0 Å². The minimum absolute atomic E-state index is 0.194. The zero-order valence-electron chi connectivity index (χ0n) is 12.6. The third-order valence-electron chi connectivity index (χ3n) is 3.40. The van der Waals surface area contributed by atoms with Crippen molar-refractivity contribution in [2.45, 2.75) is 18.9 Å². The molecule has 5 heteroatoms. The summed E-state index contributed by atoms with van der Waals surface area (Å²) in [6.45, 7) is 7.51. The van der Waals surface area contributed by atoms with E-state index >= 15 is 0 Å². The van der Waals surface area contributed by atoms with Gasteiger partial charge in [0.05, 0.1) is 16.1 Å². The van der Waals surface area contributed by atoms with Gasteiger partial charge in [0.1, 0.15) is 11.6 Å². The maximum Gasteiger partial charge on any atom is 0.122 e. The van der Waals surface area contributed by atoms with Crippen LogP contribution in [0.15, 0.2) is 76.0 Å². The highest BCUT2D eigenvalue weighted by molar-refractivity contribution is 6.44. The van der Waals surface area contributed by atoms with E-state index in [0.29, 0.717) is 10.6 Å². The van der Waals surface area contributed by atoms with Crippen molar-refractivity contribution in [3.8, 4) is 5.75 Å². The summed E-state index contributed by atoms with van der Waals surface area (Å²) in [5.74, 6) is 0.956. The van der Waals surface area contributed by atoms with Gasteiger partial charge in [-0.15, -0.1) is 0 Å². The number of benzene rings is 1. The number of aliphatic imine (C=N–C) groups is 1. The number of nitrogens with zero attached hydrogens (tertiary/aromatic N) is 1. The predicted octanol–water partition coefficient (Wildman–Crippen LogP) is 5.16. The molecule has 0 radical (unpaired) electrons. The molecule has 1 heterocycles. The van der Waals surface area contributed by atoms with Gasteiger partial charge in [-0.2, -0.15) is 0 Å². The van der Waals surface area contributed by atoms with Crippen molar-refractivity contribution in [1.82, 2.24) is 5.32 Å². The van der Waals surface area contributed by atoms with Gasteiger partial charge in [0.25, 0.3) is 0 Å². The van der Waals surface area contributed by atoms with E-state index in [9.17, 15) is 5.11 Å². The number of phenols is 1. The summed E-state index contributed by atoms with van der Waals surface area (Å²) >= 11 is 12.3. The molecule has 0 bridgehead atoms. The average molecular weight is 349 g/mol. The topological polar surface area (TPSA) is 44.6 Å². The Morgan fingerprint density at radius 3 is 2.48 bits per heavy atom. The Bertz CT molecular complexity index is 687. The van der Waals surface area contributed by atoms with Crippen LogP contribution in [-0.2, 0) is 0 Å². The fourth-order valence-electron chi connectivity index (χ4n) is 2.25. The first-order valence-corrected chi connectivity index (χ1v) is 7.93. The van der Waals surface area contributed by atoms with E-state index < -0.39 is 0 Å². The maximum absolute atomic E-state index is 9.50. The molecule has 120 valence electrons. The van der Waals surface area contributed by atoms with E-state index in [1.165, 1.54) is 0 Å². The molecule has 3 nitrogen and oxygen atoms in total. The van der Waals surface area contributed by atoms with Gasteiger partial charge >= 0.3 is 0 Å².